The Hall–Kier alpha value is -4.45. The molecule has 4 aromatic rings. The summed E-state index contributed by atoms with van der Waals surface area (Å²) in [5.74, 6) is 1.48. The fourth-order valence-corrected chi connectivity index (χ4v) is 4.79. The Morgan fingerprint density at radius 2 is 1.95 bits per heavy atom. The van der Waals surface area contributed by atoms with Crippen LogP contribution in [0.15, 0.2) is 43.0 Å². The van der Waals surface area contributed by atoms with Gasteiger partial charge in [0.25, 0.3) is 0 Å². The number of ether oxygens (including phenoxy) is 2. The van der Waals surface area contributed by atoms with Gasteiger partial charge in [-0.2, -0.15) is 5.26 Å². The molecule has 0 unspecified atom stereocenters. The zero-order chi connectivity index (χ0) is 27.4. The van der Waals surface area contributed by atoms with Gasteiger partial charge in [-0.1, -0.05) is 6.07 Å². The molecule has 0 amide bonds. The van der Waals surface area contributed by atoms with Gasteiger partial charge in [0.1, 0.15) is 24.4 Å². The first-order chi connectivity index (χ1) is 18.9. The minimum Gasteiger partial charge on any atom is -0.471 e. The second-order valence-corrected chi connectivity index (χ2v) is 9.93. The fraction of sp³-hybridized carbons (Fsp3) is 0.367. The second-order valence-electron chi connectivity index (χ2n) is 9.93. The highest BCUT2D eigenvalue weighted by Crippen LogP contribution is 2.40. The number of benzene rings is 1. The number of aromatic nitrogens is 4. The number of imidazole rings is 1. The summed E-state index contributed by atoms with van der Waals surface area (Å²) in [5, 5.41) is 12.5. The number of esters is 1. The van der Waals surface area contributed by atoms with Crippen molar-refractivity contribution in [3.63, 3.8) is 0 Å². The lowest BCUT2D eigenvalue weighted by Crippen LogP contribution is -2.06. The molecule has 200 valence electrons. The van der Waals surface area contributed by atoms with Crippen molar-refractivity contribution >= 4 is 17.4 Å². The number of hydrogen-bond donors (Lipinski definition) is 1. The maximum absolute atomic E-state index is 12.0. The van der Waals surface area contributed by atoms with Crippen LogP contribution >= 0.6 is 0 Å². The molecule has 0 atom stereocenters. The number of pyridine rings is 1. The SMILES string of the molecule is CCOC(=O)CCc1cc(C2CC2)cn2cc(COc3cc(NCc4c(C)cc(C#N)cc4C)ncn3)nc12. The normalized spacial score (nSPS) is 12.8. The summed E-state index contributed by atoms with van der Waals surface area (Å²) in [6.45, 7) is 7.04. The molecule has 3 heterocycles. The monoisotopic (exact) mass is 524 g/mol. The first-order valence-electron chi connectivity index (χ1n) is 13.3. The van der Waals surface area contributed by atoms with E-state index in [9.17, 15) is 10.1 Å². The zero-order valence-electron chi connectivity index (χ0n) is 22.5. The number of fused-ring (bicyclic) bond motifs is 1. The summed E-state index contributed by atoms with van der Waals surface area (Å²) in [6.07, 6.45) is 8.88. The van der Waals surface area contributed by atoms with E-state index < -0.39 is 0 Å². The molecule has 5 rings (SSSR count). The van der Waals surface area contributed by atoms with Gasteiger partial charge in [-0.25, -0.2) is 15.0 Å². The Balaban J connectivity index is 1.27. The standard InChI is InChI=1S/C30H32N6O3/c1-4-38-29(37)8-7-23-11-24(22-5-6-22)15-36-16-25(35-30(23)36)17-39-28-12-27(33-18-34-28)32-14-26-19(2)9-21(13-31)10-20(26)3/h9-12,15-16,18,22H,4-8,14,17H2,1-3H3,(H,32,33,34). The van der Waals surface area contributed by atoms with E-state index in [-0.39, 0.29) is 12.6 Å². The Bertz CT molecular complexity index is 1530. The van der Waals surface area contributed by atoms with Crippen molar-refractivity contribution in [1.82, 2.24) is 19.4 Å². The highest BCUT2D eigenvalue weighted by Gasteiger charge is 2.25. The van der Waals surface area contributed by atoms with Crippen molar-refractivity contribution in [2.75, 3.05) is 11.9 Å². The van der Waals surface area contributed by atoms with Crippen molar-refractivity contribution in [2.24, 2.45) is 0 Å². The molecule has 9 heteroatoms. The molecule has 3 aromatic heterocycles. The van der Waals surface area contributed by atoms with Crippen LogP contribution in [0.5, 0.6) is 5.88 Å². The third-order valence-electron chi connectivity index (χ3n) is 6.93. The molecule has 9 nitrogen and oxygen atoms in total. The zero-order valence-corrected chi connectivity index (χ0v) is 22.5. The largest absolute Gasteiger partial charge is 0.471 e. The van der Waals surface area contributed by atoms with Gasteiger partial charge in [-0.3, -0.25) is 4.79 Å². The van der Waals surface area contributed by atoms with Crippen LogP contribution < -0.4 is 10.1 Å². The van der Waals surface area contributed by atoms with Gasteiger partial charge in [0, 0.05) is 31.4 Å². The molecule has 0 aliphatic heterocycles. The van der Waals surface area contributed by atoms with E-state index in [1.807, 2.05) is 43.5 Å². The van der Waals surface area contributed by atoms with Gasteiger partial charge in [0.15, 0.2) is 0 Å². The van der Waals surface area contributed by atoms with Crippen LogP contribution in [0, 0.1) is 25.2 Å². The molecule has 1 N–H and O–H groups in total. The van der Waals surface area contributed by atoms with Crippen molar-refractivity contribution < 1.29 is 14.3 Å². The summed E-state index contributed by atoms with van der Waals surface area (Å²) < 4.78 is 13.1. The minimum atomic E-state index is -0.194. The van der Waals surface area contributed by atoms with Crippen LogP contribution in [0.3, 0.4) is 0 Å². The van der Waals surface area contributed by atoms with Crippen LogP contribution in [-0.4, -0.2) is 31.9 Å². The molecule has 1 saturated carbocycles. The predicted molar refractivity (Wildman–Crippen MR) is 146 cm³/mol. The van der Waals surface area contributed by atoms with Crippen molar-refractivity contribution in [3.05, 3.63) is 82.1 Å². The maximum Gasteiger partial charge on any atom is 0.306 e. The highest BCUT2D eigenvalue weighted by atomic mass is 16.5. The Kier molecular flexibility index (Phi) is 7.73. The number of carbonyl (C=O) groups is 1. The quantitative estimate of drug-likeness (QED) is 0.267. The van der Waals surface area contributed by atoms with E-state index >= 15 is 0 Å². The lowest BCUT2D eigenvalue weighted by Gasteiger charge is -2.12. The molecule has 39 heavy (non-hydrogen) atoms. The van der Waals surface area contributed by atoms with E-state index in [0.29, 0.717) is 49.2 Å². The van der Waals surface area contributed by atoms with Crippen LogP contribution in [-0.2, 0) is 29.1 Å². The number of nitriles is 1. The van der Waals surface area contributed by atoms with E-state index in [4.69, 9.17) is 14.5 Å². The number of rotatable bonds is 11. The molecule has 1 aromatic carbocycles. The van der Waals surface area contributed by atoms with E-state index in [2.05, 4.69) is 33.6 Å². The average Bonchev–Trinajstić information content (AvgIpc) is 3.69. The van der Waals surface area contributed by atoms with Crippen molar-refractivity contribution in [2.45, 2.75) is 65.5 Å². The lowest BCUT2D eigenvalue weighted by atomic mass is 10.00. The number of carbonyl (C=O) groups excluding carboxylic acids is 1. The average molecular weight is 525 g/mol. The van der Waals surface area contributed by atoms with Gasteiger partial charge in [0.2, 0.25) is 5.88 Å². The first kappa shape index (κ1) is 26.2. The number of hydrogen-bond acceptors (Lipinski definition) is 8. The molecule has 0 saturated heterocycles. The third-order valence-corrected chi connectivity index (χ3v) is 6.93. The van der Waals surface area contributed by atoms with Crippen LogP contribution in [0.4, 0.5) is 5.82 Å². The van der Waals surface area contributed by atoms with E-state index in [0.717, 1.165) is 33.6 Å². The molecule has 1 fully saturated rings. The van der Waals surface area contributed by atoms with Gasteiger partial charge < -0.3 is 19.2 Å². The molecule has 1 aliphatic rings. The lowest BCUT2D eigenvalue weighted by molar-refractivity contribution is -0.143. The summed E-state index contributed by atoms with van der Waals surface area (Å²) in [5.41, 5.74) is 7.84. The molecule has 0 spiro atoms. The molecule has 0 bridgehead atoms. The molecular weight excluding hydrogens is 492 g/mol. The number of nitrogens with zero attached hydrogens (tertiary/aromatic N) is 5. The van der Waals surface area contributed by atoms with E-state index in [1.54, 1.807) is 6.07 Å². The number of anilines is 1. The Morgan fingerprint density at radius 3 is 2.67 bits per heavy atom. The summed E-state index contributed by atoms with van der Waals surface area (Å²) in [6, 6.07) is 9.93. The number of nitrogens with one attached hydrogen (secondary N) is 1. The van der Waals surface area contributed by atoms with Crippen LogP contribution in [0.1, 0.15) is 71.2 Å². The van der Waals surface area contributed by atoms with Crippen molar-refractivity contribution in [3.8, 4) is 11.9 Å². The minimum absolute atomic E-state index is 0.194. The van der Waals surface area contributed by atoms with Crippen molar-refractivity contribution in [1.29, 1.82) is 5.26 Å². The van der Waals surface area contributed by atoms with Gasteiger partial charge in [-0.05, 0) is 85.9 Å². The van der Waals surface area contributed by atoms with E-state index in [1.165, 1.54) is 24.7 Å². The van der Waals surface area contributed by atoms with Crippen LogP contribution in [0.2, 0.25) is 0 Å². The number of aryl methyl sites for hydroxylation is 3. The third kappa shape index (κ3) is 6.34. The smallest absolute Gasteiger partial charge is 0.306 e. The Labute approximate surface area is 227 Å². The topological polar surface area (TPSA) is 114 Å². The van der Waals surface area contributed by atoms with Crippen LogP contribution in [0.25, 0.3) is 5.65 Å². The summed E-state index contributed by atoms with van der Waals surface area (Å²) in [4.78, 5) is 25.3. The highest BCUT2D eigenvalue weighted by molar-refractivity contribution is 5.70. The Morgan fingerprint density at radius 1 is 1.15 bits per heavy atom. The summed E-state index contributed by atoms with van der Waals surface area (Å²) >= 11 is 0. The molecule has 0 radical (unpaired) electrons. The summed E-state index contributed by atoms with van der Waals surface area (Å²) in [7, 11) is 0. The molecular formula is C30H32N6O3. The fourth-order valence-electron chi connectivity index (χ4n) is 4.79. The second kappa shape index (κ2) is 11.5. The maximum atomic E-state index is 12.0. The van der Waals surface area contributed by atoms with Gasteiger partial charge >= 0.3 is 5.97 Å². The predicted octanol–water partition coefficient (Wildman–Crippen LogP) is 5.18. The van der Waals surface area contributed by atoms with Gasteiger partial charge in [0.05, 0.1) is 23.9 Å². The first-order valence-corrected chi connectivity index (χ1v) is 13.3. The van der Waals surface area contributed by atoms with Gasteiger partial charge in [-0.15, -0.1) is 0 Å². The molecule has 1 aliphatic carbocycles.